The number of nitrogens with zero attached hydrogens (tertiary/aromatic N) is 1. The maximum Gasteiger partial charge on any atom is 0.252 e. The second-order valence-corrected chi connectivity index (χ2v) is 6.73. The third-order valence-corrected chi connectivity index (χ3v) is 5.07. The highest BCUT2D eigenvalue weighted by Gasteiger charge is 2.39. The standard InChI is InChI=1S/C19H31N3O2/c1-5-15-6-8-16(9-7-15)17(22(2)3)14-21-18(23)19(24-4)10-12-20-13-11-19/h6-9,17,20H,5,10-14H2,1-4H3,(H,21,23). The SMILES string of the molecule is CCc1ccc(C(CNC(=O)C2(OC)CCNCC2)N(C)C)cc1. The Morgan fingerprint density at radius 2 is 1.92 bits per heavy atom. The number of nitrogens with one attached hydrogen (secondary N) is 2. The summed E-state index contributed by atoms with van der Waals surface area (Å²) in [6.07, 6.45) is 2.47. The Morgan fingerprint density at radius 3 is 2.42 bits per heavy atom. The maximum absolute atomic E-state index is 12.7. The average Bonchev–Trinajstić information content (AvgIpc) is 2.62. The van der Waals surface area contributed by atoms with E-state index in [1.165, 1.54) is 11.1 Å². The van der Waals surface area contributed by atoms with E-state index in [0.717, 1.165) is 19.5 Å². The zero-order valence-electron chi connectivity index (χ0n) is 15.4. The van der Waals surface area contributed by atoms with E-state index in [0.29, 0.717) is 19.4 Å². The van der Waals surface area contributed by atoms with Gasteiger partial charge >= 0.3 is 0 Å². The third-order valence-electron chi connectivity index (χ3n) is 5.07. The van der Waals surface area contributed by atoms with Gasteiger partial charge in [-0.2, -0.15) is 0 Å². The molecule has 2 N–H and O–H groups in total. The van der Waals surface area contributed by atoms with Crippen molar-refractivity contribution in [2.45, 2.75) is 37.8 Å². The van der Waals surface area contributed by atoms with Crippen molar-refractivity contribution in [1.82, 2.24) is 15.5 Å². The van der Waals surface area contributed by atoms with E-state index in [1.54, 1.807) is 7.11 Å². The molecule has 5 nitrogen and oxygen atoms in total. The highest BCUT2D eigenvalue weighted by atomic mass is 16.5. The van der Waals surface area contributed by atoms with Crippen molar-refractivity contribution in [1.29, 1.82) is 0 Å². The number of ether oxygens (including phenoxy) is 1. The summed E-state index contributed by atoms with van der Waals surface area (Å²) in [6, 6.07) is 8.79. The molecular weight excluding hydrogens is 302 g/mol. The van der Waals surface area contributed by atoms with Gasteiger partial charge in [-0.1, -0.05) is 31.2 Å². The number of likely N-dealkylation sites (N-methyl/N-ethyl adjacent to an activating group) is 1. The molecule has 0 spiro atoms. The fourth-order valence-electron chi connectivity index (χ4n) is 3.28. The summed E-state index contributed by atoms with van der Waals surface area (Å²) in [5.41, 5.74) is 1.86. The number of hydrogen-bond donors (Lipinski definition) is 2. The zero-order valence-corrected chi connectivity index (χ0v) is 15.4. The van der Waals surface area contributed by atoms with Crippen molar-refractivity contribution in [3.8, 4) is 0 Å². The molecule has 1 aliphatic heterocycles. The lowest BCUT2D eigenvalue weighted by Gasteiger charge is -2.35. The Bertz CT molecular complexity index is 522. The van der Waals surface area contributed by atoms with Gasteiger partial charge in [0.05, 0.1) is 6.04 Å². The van der Waals surface area contributed by atoms with Crippen molar-refractivity contribution in [2.75, 3.05) is 40.8 Å². The summed E-state index contributed by atoms with van der Waals surface area (Å²) in [4.78, 5) is 14.9. The lowest BCUT2D eigenvalue weighted by Crippen LogP contribution is -2.55. The Hall–Kier alpha value is -1.43. The van der Waals surface area contributed by atoms with Crippen LogP contribution in [0.5, 0.6) is 0 Å². The number of methoxy groups -OCH3 is 1. The normalized spacial score (nSPS) is 18.4. The smallest absolute Gasteiger partial charge is 0.252 e. The maximum atomic E-state index is 12.7. The minimum absolute atomic E-state index is 0.00327. The highest BCUT2D eigenvalue weighted by molar-refractivity contribution is 5.85. The van der Waals surface area contributed by atoms with E-state index >= 15 is 0 Å². The topological polar surface area (TPSA) is 53.6 Å². The molecule has 0 bridgehead atoms. The van der Waals surface area contributed by atoms with Crippen LogP contribution in [0.4, 0.5) is 0 Å². The van der Waals surface area contributed by atoms with Gasteiger partial charge in [0.1, 0.15) is 5.60 Å². The number of amides is 1. The minimum Gasteiger partial charge on any atom is -0.368 e. The van der Waals surface area contributed by atoms with Crippen LogP contribution in [0.1, 0.15) is 36.9 Å². The molecule has 0 radical (unpaired) electrons. The summed E-state index contributed by atoms with van der Waals surface area (Å²) in [6.45, 7) is 4.37. The summed E-state index contributed by atoms with van der Waals surface area (Å²) in [5.74, 6) is 0.00327. The van der Waals surface area contributed by atoms with Crippen LogP contribution in [-0.2, 0) is 16.0 Å². The lowest BCUT2D eigenvalue weighted by molar-refractivity contribution is -0.146. The number of aryl methyl sites for hydroxylation is 1. The first-order valence-electron chi connectivity index (χ1n) is 8.82. The van der Waals surface area contributed by atoms with Gasteiger partial charge < -0.3 is 20.3 Å². The molecule has 0 aromatic heterocycles. The fourth-order valence-corrected chi connectivity index (χ4v) is 3.28. The average molecular weight is 333 g/mol. The predicted octanol–water partition coefficient (Wildman–Crippen LogP) is 1.74. The van der Waals surface area contributed by atoms with Crippen LogP contribution in [0.2, 0.25) is 0 Å². The molecule has 134 valence electrons. The van der Waals surface area contributed by atoms with Gasteiger partial charge in [0.15, 0.2) is 0 Å². The van der Waals surface area contributed by atoms with Crippen LogP contribution in [0.25, 0.3) is 0 Å². The molecule has 1 aromatic rings. The van der Waals surface area contributed by atoms with Gasteiger partial charge in [-0.25, -0.2) is 0 Å². The van der Waals surface area contributed by atoms with Crippen LogP contribution >= 0.6 is 0 Å². The first-order valence-corrected chi connectivity index (χ1v) is 8.82. The number of hydrogen-bond acceptors (Lipinski definition) is 4. The number of piperidine rings is 1. The van der Waals surface area contributed by atoms with Crippen LogP contribution < -0.4 is 10.6 Å². The van der Waals surface area contributed by atoms with E-state index in [-0.39, 0.29) is 11.9 Å². The van der Waals surface area contributed by atoms with Crippen molar-refractivity contribution in [2.24, 2.45) is 0 Å². The Labute approximate surface area is 145 Å². The number of benzene rings is 1. The summed E-state index contributed by atoms with van der Waals surface area (Å²) in [5, 5.41) is 6.40. The van der Waals surface area contributed by atoms with Crippen LogP contribution in [0.15, 0.2) is 24.3 Å². The molecular formula is C19H31N3O2. The van der Waals surface area contributed by atoms with Crippen molar-refractivity contribution < 1.29 is 9.53 Å². The molecule has 1 fully saturated rings. The molecule has 0 saturated carbocycles. The van der Waals surface area contributed by atoms with E-state index in [4.69, 9.17) is 4.74 Å². The fraction of sp³-hybridized carbons (Fsp3) is 0.632. The Balaban J connectivity index is 2.03. The summed E-state index contributed by atoms with van der Waals surface area (Å²) in [7, 11) is 5.72. The van der Waals surface area contributed by atoms with Crippen LogP contribution in [-0.4, -0.2) is 57.2 Å². The Morgan fingerprint density at radius 1 is 1.29 bits per heavy atom. The van der Waals surface area contributed by atoms with Gasteiger partial charge in [-0.15, -0.1) is 0 Å². The van der Waals surface area contributed by atoms with E-state index in [9.17, 15) is 4.79 Å². The molecule has 1 aliphatic rings. The zero-order chi connectivity index (χ0) is 17.6. The minimum atomic E-state index is -0.686. The van der Waals surface area contributed by atoms with Crippen LogP contribution in [0, 0.1) is 0 Å². The van der Waals surface area contributed by atoms with Crippen molar-refractivity contribution in [3.05, 3.63) is 35.4 Å². The number of carbonyl (C=O) groups is 1. The van der Waals surface area contributed by atoms with Gasteiger partial charge in [-0.3, -0.25) is 4.79 Å². The second-order valence-electron chi connectivity index (χ2n) is 6.73. The summed E-state index contributed by atoms with van der Waals surface area (Å²) < 4.78 is 5.60. The Kier molecular flexibility index (Phi) is 6.78. The van der Waals surface area contributed by atoms with Gasteiger partial charge in [0.25, 0.3) is 5.91 Å². The second kappa shape index (κ2) is 8.60. The van der Waals surface area contributed by atoms with E-state index in [1.807, 2.05) is 14.1 Å². The van der Waals surface area contributed by atoms with Gasteiger partial charge in [0, 0.05) is 13.7 Å². The van der Waals surface area contributed by atoms with E-state index < -0.39 is 5.60 Å². The molecule has 5 heteroatoms. The van der Waals surface area contributed by atoms with E-state index in [2.05, 4.69) is 46.7 Å². The van der Waals surface area contributed by atoms with Crippen molar-refractivity contribution in [3.63, 3.8) is 0 Å². The highest BCUT2D eigenvalue weighted by Crippen LogP contribution is 2.24. The third kappa shape index (κ3) is 4.35. The van der Waals surface area contributed by atoms with Crippen LogP contribution in [0.3, 0.4) is 0 Å². The lowest BCUT2D eigenvalue weighted by atomic mass is 9.91. The van der Waals surface area contributed by atoms with Crippen molar-refractivity contribution >= 4 is 5.91 Å². The van der Waals surface area contributed by atoms with Gasteiger partial charge in [0.2, 0.25) is 0 Å². The molecule has 24 heavy (non-hydrogen) atoms. The molecule has 1 heterocycles. The molecule has 2 rings (SSSR count). The van der Waals surface area contributed by atoms with Gasteiger partial charge in [-0.05, 0) is 57.6 Å². The number of carbonyl (C=O) groups excluding carboxylic acids is 1. The number of rotatable bonds is 7. The molecule has 1 aromatic carbocycles. The molecule has 1 saturated heterocycles. The monoisotopic (exact) mass is 333 g/mol. The molecule has 1 unspecified atom stereocenters. The molecule has 0 aliphatic carbocycles. The predicted molar refractivity (Wildman–Crippen MR) is 97.1 cm³/mol. The first kappa shape index (κ1) is 18.9. The quantitative estimate of drug-likeness (QED) is 0.798. The molecule has 1 amide bonds. The largest absolute Gasteiger partial charge is 0.368 e. The molecule has 1 atom stereocenters. The summed E-state index contributed by atoms with van der Waals surface area (Å²) >= 11 is 0. The first-order chi connectivity index (χ1) is 11.5.